The number of esters is 1. The van der Waals surface area contributed by atoms with Gasteiger partial charge in [0, 0.05) is 36.0 Å². The molecule has 0 saturated heterocycles. The van der Waals surface area contributed by atoms with Gasteiger partial charge >= 0.3 is 5.97 Å². The SMILES string of the molecule is COC(=O)c1ccncc1C(=O)N(Cc1c[nH]c2ccc(F)cc12)CC1COc2ccccc2O1. The summed E-state index contributed by atoms with van der Waals surface area (Å²) in [5, 5.41) is 0.660. The monoisotopic (exact) mass is 475 g/mol. The first kappa shape index (κ1) is 22.4. The summed E-state index contributed by atoms with van der Waals surface area (Å²) >= 11 is 0. The van der Waals surface area contributed by atoms with Crippen LogP contribution in [0.2, 0.25) is 0 Å². The van der Waals surface area contributed by atoms with Crippen molar-refractivity contribution in [3.63, 3.8) is 0 Å². The van der Waals surface area contributed by atoms with Crippen molar-refractivity contribution in [2.45, 2.75) is 12.6 Å². The Balaban J connectivity index is 1.48. The quantitative estimate of drug-likeness (QED) is 0.424. The number of H-pyrrole nitrogens is 1. The molecule has 1 aliphatic heterocycles. The van der Waals surface area contributed by atoms with E-state index in [2.05, 4.69) is 9.97 Å². The Morgan fingerprint density at radius 3 is 2.83 bits per heavy atom. The molecule has 178 valence electrons. The van der Waals surface area contributed by atoms with Crippen LogP contribution in [0.4, 0.5) is 4.39 Å². The fourth-order valence-electron chi connectivity index (χ4n) is 4.13. The number of pyridine rings is 1. The van der Waals surface area contributed by atoms with Gasteiger partial charge in [-0.25, -0.2) is 9.18 Å². The normalized spacial score (nSPS) is 14.5. The highest BCUT2D eigenvalue weighted by molar-refractivity contribution is 6.05. The molecule has 0 aliphatic carbocycles. The average molecular weight is 475 g/mol. The lowest BCUT2D eigenvalue weighted by Crippen LogP contribution is -2.43. The summed E-state index contributed by atoms with van der Waals surface area (Å²) < 4.78 is 30.7. The van der Waals surface area contributed by atoms with Gasteiger partial charge in [0.25, 0.3) is 5.91 Å². The highest BCUT2D eigenvalue weighted by Gasteiger charge is 2.29. The minimum absolute atomic E-state index is 0.0995. The van der Waals surface area contributed by atoms with Crippen molar-refractivity contribution in [1.82, 2.24) is 14.9 Å². The zero-order chi connectivity index (χ0) is 24.4. The smallest absolute Gasteiger partial charge is 0.338 e. The Bertz CT molecular complexity index is 1400. The molecule has 3 heterocycles. The topological polar surface area (TPSA) is 93.8 Å². The largest absolute Gasteiger partial charge is 0.486 e. The second-order valence-electron chi connectivity index (χ2n) is 8.10. The van der Waals surface area contributed by atoms with E-state index in [0.29, 0.717) is 22.4 Å². The number of para-hydroxylation sites is 2. The van der Waals surface area contributed by atoms with E-state index in [-0.39, 0.29) is 36.6 Å². The third kappa shape index (κ3) is 4.52. The van der Waals surface area contributed by atoms with E-state index < -0.39 is 18.0 Å². The first-order valence-corrected chi connectivity index (χ1v) is 11.0. The maximum Gasteiger partial charge on any atom is 0.338 e. The zero-order valence-electron chi connectivity index (χ0n) is 18.9. The molecule has 0 radical (unpaired) electrons. The van der Waals surface area contributed by atoms with Gasteiger partial charge in [-0.1, -0.05) is 12.1 Å². The molecule has 2 aromatic carbocycles. The van der Waals surface area contributed by atoms with Gasteiger partial charge in [0.05, 0.1) is 24.8 Å². The van der Waals surface area contributed by atoms with E-state index in [1.165, 1.54) is 37.7 Å². The van der Waals surface area contributed by atoms with Gasteiger partial charge in [-0.3, -0.25) is 9.78 Å². The summed E-state index contributed by atoms with van der Waals surface area (Å²) in [7, 11) is 1.25. The Hall–Kier alpha value is -4.40. The minimum atomic E-state index is -0.643. The van der Waals surface area contributed by atoms with Crippen molar-refractivity contribution in [2.24, 2.45) is 0 Å². The molecule has 5 rings (SSSR count). The number of ether oxygens (including phenoxy) is 3. The van der Waals surface area contributed by atoms with Gasteiger partial charge in [-0.15, -0.1) is 0 Å². The fourth-order valence-corrected chi connectivity index (χ4v) is 4.13. The van der Waals surface area contributed by atoms with Crippen molar-refractivity contribution >= 4 is 22.8 Å². The third-order valence-corrected chi connectivity index (χ3v) is 5.83. The van der Waals surface area contributed by atoms with Crippen molar-refractivity contribution < 1.29 is 28.2 Å². The van der Waals surface area contributed by atoms with Crippen molar-refractivity contribution in [3.05, 3.63) is 89.6 Å². The number of benzene rings is 2. The Labute approximate surface area is 200 Å². The van der Waals surface area contributed by atoms with E-state index in [9.17, 15) is 14.0 Å². The van der Waals surface area contributed by atoms with E-state index >= 15 is 0 Å². The first-order chi connectivity index (χ1) is 17.0. The predicted molar refractivity (Wildman–Crippen MR) is 125 cm³/mol. The highest BCUT2D eigenvalue weighted by Crippen LogP contribution is 2.31. The molecule has 0 bridgehead atoms. The molecule has 1 amide bonds. The Morgan fingerprint density at radius 2 is 2.00 bits per heavy atom. The molecule has 4 aromatic rings. The maximum absolute atomic E-state index is 14.0. The second kappa shape index (κ2) is 9.46. The summed E-state index contributed by atoms with van der Waals surface area (Å²) in [6, 6.07) is 13.2. The van der Waals surface area contributed by atoms with Crippen molar-refractivity contribution in [1.29, 1.82) is 0 Å². The standard InChI is InChI=1S/C26H22FN3O5/c1-33-26(32)19-8-9-28-12-21(19)25(31)30(13-16-11-29-22-7-6-17(27)10-20(16)22)14-18-15-34-23-4-2-3-5-24(23)35-18/h2-12,18,29H,13-15H2,1H3. The van der Waals surface area contributed by atoms with Crippen LogP contribution < -0.4 is 9.47 Å². The van der Waals surface area contributed by atoms with Gasteiger partial charge in [0.2, 0.25) is 0 Å². The minimum Gasteiger partial charge on any atom is -0.486 e. The lowest BCUT2D eigenvalue weighted by molar-refractivity contribution is 0.0438. The van der Waals surface area contributed by atoms with Gasteiger partial charge in [-0.05, 0) is 42.0 Å². The van der Waals surface area contributed by atoms with Crippen LogP contribution in [0.15, 0.2) is 67.1 Å². The van der Waals surface area contributed by atoms with Crippen LogP contribution in [0.5, 0.6) is 11.5 Å². The molecular formula is C26H22FN3O5. The number of nitrogens with one attached hydrogen (secondary N) is 1. The van der Waals surface area contributed by atoms with Crippen molar-refractivity contribution in [2.75, 3.05) is 20.3 Å². The number of aromatic nitrogens is 2. The number of carbonyl (C=O) groups is 2. The van der Waals surface area contributed by atoms with E-state index in [1.54, 1.807) is 23.2 Å². The number of amides is 1. The van der Waals surface area contributed by atoms with Crippen LogP contribution in [0.3, 0.4) is 0 Å². The number of rotatable bonds is 6. The number of aromatic amines is 1. The van der Waals surface area contributed by atoms with E-state index in [0.717, 1.165) is 5.52 Å². The van der Waals surface area contributed by atoms with E-state index in [4.69, 9.17) is 14.2 Å². The van der Waals surface area contributed by atoms with Crippen LogP contribution in [0, 0.1) is 5.82 Å². The zero-order valence-corrected chi connectivity index (χ0v) is 18.9. The number of hydrogen-bond acceptors (Lipinski definition) is 6. The van der Waals surface area contributed by atoms with Crippen LogP contribution >= 0.6 is 0 Å². The molecule has 8 nitrogen and oxygen atoms in total. The average Bonchev–Trinajstić information content (AvgIpc) is 3.29. The summed E-state index contributed by atoms with van der Waals surface area (Å²) in [6.07, 6.45) is 4.03. The third-order valence-electron chi connectivity index (χ3n) is 5.83. The molecule has 35 heavy (non-hydrogen) atoms. The molecule has 0 fully saturated rings. The van der Waals surface area contributed by atoms with Gasteiger partial charge in [0.1, 0.15) is 12.4 Å². The van der Waals surface area contributed by atoms with Gasteiger partial charge < -0.3 is 24.1 Å². The molecule has 1 N–H and O–H groups in total. The first-order valence-electron chi connectivity index (χ1n) is 11.0. The number of carbonyl (C=O) groups excluding carboxylic acids is 2. The van der Waals surface area contributed by atoms with Crippen LogP contribution in [0.1, 0.15) is 26.3 Å². The van der Waals surface area contributed by atoms with E-state index in [1.807, 2.05) is 18.2 Å². The summed E-state index contributed by atoms with van der Waals surface area (Å²) in [6.45, 7) is 0.532. The molecule has 1 aliphatic rings. The predicted octanol–water partition coefficient (Wildman–Crippen LogP) is 3.97. The van der Waals surface area contributed by atoms with Gasteiger partial charge in [0.15, 0.2) is 17.6 Å². The Kier molecular flexibility index (Phi) is 6.05. The van der Waals surface area contributed by atoms with Crippen LogP contribution in [-0.2, 0) is 11.3 Å². The Morgan fingerprint density at radius 1 is 1.17 bits per heavy atom. The molecule has 1 atom stereocenters. The van der Waals surface area contributed by atoms with Gasteiger partial charge in [-0.2, -0.15) is 0 Å². The van der Waals surface area contributed by atoms with Crippen molar-refractivity contribution in [3.8, 4) is 11.5 Å². The summed E-state index contributed by atoms with van der Waals surface area (Å²) in [5.74, 6) is -0.240. The number of methoxy groups -OCH3 is 1. The maximum atomic E-state index is 14.0. The number of halogens is 1. The second-order valence-corrected chi connectivity index (χ2v) is 8.10. The number of hydrogen-bond donors (Lipinski definition) is 1. The molecule has 0 spiro atoms. The lowest BCUT2D eigenvalue weighted by Gasteiger charge is -2.31. The highest BCUT2D eigenvalue weighted by atomic mass is 19.1. The number of fused-ring (bicyclic) bond motifs is 2. The molecular weight excluding hydrogens is 453 g/mol. The number of nitrogens with zero attached hydrogens (tertiary/aromatic N) is 2. The van der Waals surface area contributed by atoms with Crippen LogP contribution in [0.25, 0.3) is 10.9 Å². The molecule has 9 heteroatoms. The van der Waals surface area contributed by atoms with Crippen LogP contribution in [-0.4, -0.2) is 53.1 Å². The molecule has 0 saturated carbocycles. The summed E-state index contributed by atoms with van der Waals surface area (Å²) in [4.78, 5) is 34.7. The fraction of sp³-hybridized carbons (Fsp3) is 0.192. The summed E-state index contributed by atoms with van der Waals surface area (Å²) in [5.41, 5.74) is 1.67. The molecule has 2 aromatic heterocycles. The lowest BCUT2D eigenvalue weighted by atomic mass is 10.1. The molecule has 1 unspecified atom stereocenters.